The summed E-state index contributed by atoms with van der Waals surface area (Å²) in [4.78, 5) is 0. The fraction of sp³-hybridized carbons (Fsp3) is 1.00. The zero-order chi connectivity index (χ0) is 7.40. The Labute approximate surface area is 64.2 Å². The second-order valence-electron chi connectivity index (χ2n) is 3.47. The molecule has 0 aliphatic carbocycles. The first-order valence-corrected chi connectivity index (χ1v) is 4.58. The molecule has 1 heteroatoms. The molecule has 10 heavy (non-hydrogen) atoms. The summed E-state index contributed by atoms with van der Waals surface area (Å²) in [6.07, 6.45) is 5.50. The smallest absolute Gasteiger partial charge is 0.00931 e. The van der Waals surface area contributed by atoms with E-state index in [1.165, 1.54) is 32.2 Å². The summed E-state index contributed by atoms with van der Waals surface area (Å²) in [5.41, 5.74) is 0. The summed E-state index contributed by atoms with van der Waals surface area (Å²) >= 11 is 0. The molecule has 1 rings (SSSR count). The highest BCUT2D eigenvalue weighted by Gasteiger charge is 2.21. The molecule has 0 aromatic carbocycles. The van der Waals surface area contributed by atoms with Gasteiger partial charge in [-0.2, -0.15) is 0 Å². The van der Waals surface area contributed by atoms with Gasteiger partial charge in [0.05, 0.1) is 0 Å². The molecule has 0 bridgehead atoms. The average Bonchev–Trinajstić information content (AvgIpc) is 2.31. The molecule has 60 valence electrons. The summed E-state index contributed by atoms with van der Waals surface area (Å²) < 4.78 is 0. The van der Waals surface area contributed by atoms with E-state index in [1.807, 2.05) is 0 Å². The van der Waals surface area contributed by atoms with E-state index in [0.717, 1.165) is 12.0 Å². The van der Waals surface area contributed by atoms with E-state index < -0.39 is 0 Å². The first-order valence-electron chi connectivity index (χ1n) is 4.58. The molecule has 0 radical (unpaired) electrons. The van der Waals surface area contributed by atoms with Gasteiger partial charge in [0.15, 0.2) is 0 Å². The van der Waals surface area contributed by atoms with Gasteiger partial charge in [-0.05, 0) is 25.3 Å². The van der Waals surface area contributed by atoms with Crippen LogP contribution < -0.4 is 5.32 Å². The van der Waals surface area contributed by atoms with Gasteiger partial charge < -0.3 is 5.32 Å². The Morgan fingerprint density at radius 1 is 1.50 bits per heavy atom. The SMILES string of the molecule is CCCCC1NCCC1C. The van der Waals surface area contributed by atoms with Crippen LogP contribution in [0, 0.1) is 5.92 Å². The molecule has 0 aromatic rings. The maximum absolute atomic E-state index is 3.54. The van der Waals surface area contributed by atoms with Gasteiger partial charge in [-0.25, -0.2) is 0 Å². The molecular weight excluding hydrogens is 122 g/mol. The molecule has 2 unspecified atom stereocenters. The van der Waals surface area contributed by atoms with Crippen molar-refractivity contribution >= 4 is 0 Å². The van der Waals surface area contributed by atoms with Gasteiger partial charge >= 0.3 is 0 Å². The van der Waals surface area contributed by atoms with Crippen LogP contribution in [0.15, 0.2) is 0 Å². The minimum atomic E-state index is 0.833. The third-order valence-corrected chi connectivity index (χ3v) is 2.56. The summed E-state index contributed by atoms with van der Waals surface area (Å²) in [6, 6.07) is 0.833. The third-order valence-electron chi connectivity index (χ3n) is 2.56. The van der Waals surface area contributed by atoms with Crippen molar-refractivity contribution in [2.45, 2.75) is 45.6 Å². The number of unbranched alkanes of at least 4 members (excludes halogenated alkanes) is 1. The molecule has 1 N–H and O–H groups in total. The molecule has 1 nitrogen and oxygen atoms in total. The van der Waals surface area contributed by atoms with E-state index in [-0.39, 0.29) is 0 Å². The van der Waals surface area contributed by atoms with Crippen LogP contribution in [0.2, 0.25) is 0 Å². The lowest BCUT2D eigenvalue weighted by Gasteiger charge is -2.14. The van der Waals surface area contributed by atoms with Crippen LogP contribution in [-0.4, -0.2) is 12.6 Å². The molecule has 1 saturated heterocycles. The predicted molar refractivity (Wildman–Crippen MR) is 45.1 cm³/mol. The molecule has 1 aliphatic heterocycles. The van der Waals surface area contributed by atoms with E-state index in [1.54, 1.807) is 0 Å². The lowest BCUT2D eigenvalue weighted by molar-refractivity contribution is 0.439. The lowest BCUT2D eigenvalue weighted by Crippen LogP contribution is -2.25. The van der Waals surface area contributed by atoms with Crippen molar-refractivity contribution in [3.63, 3.8) is 0 Å². The minimum Gasteiger partial charge on any atom is -0.314 e. The van der Waals surface area contributed by atoms with Crippen molar-refractivity contribution in [2.24, 2.45) is 5.92 Å². The quantitative estimate of drug-likeness (QED) is 0.635. The highest BCUT2D eigenvalue weighted by atomic mass is 14.9. The fourth-order valence-corrected chi connectivity index (χ4v) is 1.71. The predicted octanol–water partition coefficient (Wildman–Crippen LogP) is 2.17. The minimum absolute atomic E-state index is 0.833. The topological polar surface area (TPSA) is 12.0 Å². The van der Waals surface area contributed by atoms with E-state index in [9.17, 15) is 0 Å². The molecule has 0 spiro atoms. The van der Waals surface area contributed by atoms with E-state index in [0.29, 0.717) is 0 Å². The Balaban J connectivity index is 2.14. The second kappa shape index (κ2) is 3.97. The van der Waals surface area contributed by atoms with Crippen molar-refractivity contribution in [2.75, 3.05) is 6.54 Å². The zero-order valence-electron chi connectivity index (χ0n) is 7.19. The molecule has 1 heterocycles. The van der Waals surface area contributed by atoms with Crippen molar-refractivity contribution in [3.05, 3.63) is 0 Å². The number of nitrogens with one attached hydrogen (secondary N) is 1. The highest BCUT2D eigenvalue weighted by molar-refractivity contribution is 4.80. The first kappa shape index (κ1) is 8.06. The molecule has 1 fully saturated rings. The monoisotopic (exact) mass is 141 g/mol. The Bertz CT molecular complexity index is 90.7. The van der Waals surface area contributed by atoms with Crippen molar-refractivity contribution in [3.8, 4) is 0 Å². The maximum Gasteiger partial charge on any atom is 0.00931 e. The average molecular weight is 141 g/mol. The van der Waals surface area contributed by atoms with Gasteiger partial charge in [0.1, 0.15) is 0 Å². The molecule has 1 aliphatic rings. The van der Waals surface area contributed by atoms with Crippen molar-refractivity contribution < 1.29 is 0 Å². The largest absolute Gasteiger partial charge is 0.314 e. The van der Waals surface area contributed by atoms with Gasteiger partial charge in [-0.1, -0.05) is 26.7 Å². The van der Waals surface area contributed by atoms with Crippen LogP contribution in [0.5, 0.6) is 0 Å². The molecule has 0 aromatic heterocycles. The van der Waals surface area contributed by atoms with Gasteiger partial charge in [0.2, 0.25) is 0 Å². The first-order chi connectivity index (χ1) is 4.84. The third kappa shape index (κ3) is 1.98. The Kier molecular flexibility index (Phi) is 3.20. The number of hydrogen-bond acceptors (Lipinski definition) is 1. The Morgan fingerprint density at radius 2 is 2.30 bits per heavy atom. The van der Waals surface area contributed by atoms with Gasteiger partial charge in [-0.3, -0.25) is 0 Å². The lowest BCUT2D eigenvalue weighted by atomic mass is 9.98. The normalized spacial score (nSPS) is 33.0. The molecular formula is C9H19N. The summed E-state index contributed by atoms with van der Waals surface area (Å²) in [5, 5.41) is 3.54. The fourth-order valence-electron chi connectivity index (χ4n) is 1.71. The Hall–Kier alpha value is -0.0400. The zero-order valence-corrected chi connectivity index (χ0v) is 7.19. The van der Waals surface area contributed by atoms with Crippen molar-refractivity contribution in [1.82, 2.24) is 5.32 Å². The molecule has 0 saturated carbocycles. The van der Waals surface area contributed by atoms with Crippen molar-refractivity contribution in [1.29, 1.82) is 0 Å². The summed E-state index contributed by atoms with van der Waals surface area (Å²) in [5.74, 6) is 0.923. The van der Waals surface area contributed by atoms with E-state index >= 15 is 0 Å². The summed E-state index contributed by atoms with van der Waals surface area (Å²) in [6.45, 7) is 5.87. The number of hydrogen-bond donors (Lipinski definition) is 1. The van der Waals surface area contributed by atoms with Crippen LogP contribution in [0.25, 0.3) is 0 Å². The highest BCUT2D eigenvalue weighted by Crippen LogP contribution is 2.18. The second-order valence-corrected chi connectivity index (χ2v) is 3.47. The van der Waals surface area contributed by atoms with Crippen LogP contribution >= 0.6 is 0 Å². The number of rotatable bonds is 3. The standard InChI is InChI=1S/C9H19N/c1-3-4-5-9-8(2)6-7-10-9/h8-10H,3-7H2,1-2H3. The van der Waals surface area contributed by atoms with Crippen LogP contribution in [0.4, 0.5) is 0 Å². The molecule has 0 amide bonds. The van der Waals surface area contributed by atoms with Crippen LogP contribution in [0.3, 0.4) is 0 Å². The van der Waals surface area contributed by atoms with Gasteiger partial charge in [-0.15, -0.1) is 0 Å². The van der Waals surface area contributed by atoms with E-state index in [2.05, 4.69) is 19.2 Å². The molecule has 2 atom stereocenters. The van der Waals surface area contributed by atoms with Crippen LogP contribution in [-0.2, 0) is 0 Å². The Morgan fingerprint density at radius 3 is 2.80 bits per heavy atom. The summed E-state index contributed by atoms with van der Waals surface area (Å²) in [7, 11) is 0. The van der Waals surface area contributed by atoms with E-state index in [4.69, 9.17) is 0 Å². The van der Waals surface area contributed by atoms with Gasteiger partial charge in [0, 0.05) is 6.04 Å². The van der Waals surface area contributed by atoms with Crippen LogP contribution in [0.1, 0.15) is 39.5 Å². The van der Waals surface area contributed by atoms with Gasteiger partial charge in [0.25, 0.3) is 0 Å². The maximum atomic E-state index is 3.54.